The van der Waals surface area contributed by atoms with Crippen LogP contribution in [-0.2, 0) is 0 Å². The fraction of sp³-hybridized carbons (Fsp3) is 0.571. The summed E-state index contributed by atoms with van der Waals surface area (Å²) in [5.74, 6) is 1.24. The highest BCUT2D eigenvalue weighted by atomic mass is 79.9. The molecule has 0 unspecified atom stereocenters. The van der Waals surface area contributed by atoms with Crippen LogP contribution in [0.5, 0.6) is 0 Å². The largest absolute Gasteiger partial charge is 0.372 e. The lowest BCUT2D eigenvalue weighted by Gasteiger charge is -2.10. The summed E-state index contributed by atoms with van der Waals surface area (Å²) in [5, 5.41) is 5.86. The number of unbranched alkanes of at least 4 members (excludes halogenated alkanes) is 1. The Bertz CT molecular complexity index is 421. The average molecular weight is 328 g/mol. The Morgan fingerprint density at radius 1 is 1.42 bits per heavy atom. The second-order valence-electron chi connectivity index (χ2n) is 4.95. The summed E-state index contributed by atoms with van der Waals surface area (Å²) in [6, 6.07) is 1.78. The molecule has 0 bridgehead atoms. The van der Waals surface area contributed by atoms with E-state index in [1.165, 1.54) is 6.42 Å². The topological polar surface area (TPSA) is 54.0 Å². The van der Waals surface area contributed by atoms with E-state index in [-0.39, 0.29) is 5.91 Å². The van der Waals surface area contributed by atoms with Crippen LogP contribution in [0.3, 0.4) is 0 Å². The van der Waals surface area contributed by atoms with Crippen molar-refractivity contribution in [2.24, 2.45) is 5.92 Å². The Hall–Kier alpha value is -1.10. The van der Waals surface area contributed by atoms with Crippen LogP contribution in [-0.4, -0.2) is 24.5 Å². The molecule has 2 N–H and O–H groups in total. The zero-order chi connectivity index (χ0) is 14.3. The Kier molecular flexibility index (Phi) is 6.84. The molecule has 19 heavy (non-hydrogen) atoms. The first kappa shape index (κ1) is 16.0. The summed E-state index contributed by atoms with van der Waals surface area (Å²) in [5.41, 5.74) is 0.570. The van der Waals surface area contributed by atoms with E-state index in [9.17, 15) is 4.79 Å². The highest BCUT2D eigenvalue weighted by molar-refractivity contribution is 9.10. The maximum atomic E-state index is 12.1. The lowest BCUT2D eigenvalue weighted by atomic mass is 10.1. The number of pyridine rings is 1. The zero-order valence-electron chi connectivity index (χ0n) is 11.8. The molecule has 1 heterocycles. The first-order chi connectivity index (χ1) is 9.04. The van der Waals surface area contributed by atoms with Crippen molar-refractivity contribution in [1.29, 1.82) is 0 Å². The molecule has 0 aliphatic carbocycles. The van der Waals surface area contributed by atoms with E-state index in [1.807, 2.05) is 0 Å². The van der Waals surface area contributed by atoms with Gasteiger partial charge in [0, 0.05) is 24.3 Å². The van der Waals surface area contributed by atoms with Crippen LogP contribution in [0.2, 0.25) is 0 Å². The molecule has 0 aromatic carbocycles. The molecule has 1 amide bonds. The minimum absolute atomic E-state index is 0.0808. The molecule has 0 aliphatic heterocycles. The summed E-state index contributed by atoms with van der Waals surface area (Å²) in [6.07, 6.45) is 5.04. The smallest absolute Gasteiger partial charge is 0.255 e. The van der Waals surface area contributed by atoms with Crippen LogP contribution < -0.4 is 10.6 Å². The van der Waals surface area contributed by atoms with Crippen molar-refractivity contribution in [2.75, 3.05) is 18.9 Å². The number of nitrogens with one attached hydrogen (secondary N) is 2. The van der Waals surface area contributed by atoms with Crippen molar-refractivity contribution in [2.45, 2.75) is 33.1 Å². The van der Waals surface area contributed by atoms with Gasteiger partial charge < -0.3 is 10.6 Å². The van der Waals surface area contributed by atoms with Crippen LogP contribution >= 0.6 is 15.9 Å². The molecule has 0 spiro atoms. The standard InChI is InChI=1S/C14H22BrN3O/c1-10(2)6-4-5-7-17-14(19)12-8-11(15)9-18-13(12)16-3/h8-10H,4-7H2,1-3H3,(H,16,18)(H,17,19). The van der Waals surface area contributed by atoms with Gasteiger partial charge in [-0.1, -0.05) is 26.7 Å². The summed E-state index contributed by atoms with van der Waals surface area (Å²) >= 11 is 3.33. The van der Waals surface area contributed by atoms with Crippen molar-refractivity contribution in [1.82, 2.24) is 10.3 Å². The van der Waals surface area contributed by atoms with Crippen molar-refractivity contribution in [3.8, 4) is 0 Å². The maximum Gasteiger partial charge on any atom is 0.255 e. The van der Waals surface area contributed by atoms with Gasteiger partial charge in [0.25, 0.3) is 5.91 Å². The summed E-state index contributed by atoms with van der Waals surface area (Å²) in [7, 11) is 1.76. The first-order valence-electron chi connectivity index (χ1n) is 6.66. The van der Waals surface area contributed by atoms with E-state index in [2.05, 4.69) is 45.4 Å². The van der Waals surface area contributed by atoms with Crippen molar-refractivity contribution < 1.29 is 4.79 Å². The van der Waals surface area contributed by atoms with Crippen LogP contribution in [0.4, 0.5) is 5.82 Å². The predicted molar refractivity (Wildman–Crippen MR) is 82.5 cm³/mol. The number of anilines is 1. The molecule has 0 saturated carbocycles. The number of rotatable bonds is 7. The molecule has 106 valence electrons. The number of carbonyl (C=O) groups excluding carboxylic acids is 1. The second kappa shape index (κ2) is 8.15. The Balaban J connectivity index is 2.47. The third kappa shape index (κ3) is 5.59. The Morgan fingerprint density at radius 2 is 2.16 bits per heavy atom. The second-order valence-corrected chi connectivity index (χ2v) is 5.86. The number of aromatic nitrogens is 1. The van der Waals surface area contributed by atoms with E-state index < -0.39 is 0 Å². The van der Waals surface area contributed by atoms with E-state index in [4.69, 9.17) is 0 Å². The van der Waals surface area contributed by atoms with Gasteiger partial charge in [0.1, 0.15) is 5.82 Å². The SMILES string of the molecule is CNc1ncc(Br)cc1C(=O)NCCCCC(C)C. The maximum absolute atomic E-state index is 12.1. The number of hydrogen-bond acceptors (Lipinski definition) is 3. The fourth-order valence-electron chi connectivity index (χ4n) is 1.79. The third-order valence-corrected chi connectivity index (χ3v) is 3.26. The quantitative estimate of drug-likeness (QED) is 0.754. The van der Waals surface area contributed by atoms with Gasteiger partial charge in [0.15, 0.2) is 0 Å². The lowest BCUT2D eigenvalue weighted by molar-refractivity contribution is 0.0953. The van der Waals surface area contributed by atoms with E-state index in [0.29, 0.717) is 17.9 Å². The molecule has 1 aromatic rings. The predicted octanol–water partition coefficient (Wildman–Crippen LogP) is 3.44. The van der Waals surface area contributed by atoms with Gasteiger partial charge >= 0.3 is 0 Å². The van der Waals surface area contributed by atoms with Crippen LogP contribution in [0.25, 0.3) is 0 Å². The molecule has 0 atom stereocenters. The van der Waals surface area contributed by atoms with Gasteiger partial charge in [0.2, 0.25) is 0 Å². The minimum Gasteiger partial charge on any atom is -0.372 e. The highest BCUT2D eigenvalue weighted by Gasteiger charge is 2.11. The first-order valence-corrected chi connectivity index (χ1v) is 7.45. The number of hydrogen-bond donors (Lipinski definition) is 2. The van der Waals surface area contributed by atoms with E-state index in [1.54, 1.807) is 19.3 Å². The number of halogens is 1. The monoisotopic (exact) mass is 327 g/mol. The van der Waals surface area contributed by atoms with E-state index in [0.717, 1.165) is 23.2 Å². The van der Waals surface area contributed by atoms with Gasteiger partial charge in [-0.25, -0.2) is 4.98 Å². The molecule has 0 saturated heterocycles. The summed E-state index contributed by atoms with van der Waals surface area (Å²) in [4.78, 5) is 16.2. The normalized spacial score (nSPS) is 10.6. The van der Waals surface area contributed by atoms with Crippen molar-refractivity contribution >= 4 is 27.7 Å². The van der Waals surface area contributed by atoms with Crippen molar-refractivity contribution in [3.63, 3.8) is 0 Å². The molecule has 0 radical (unpaired) electrons. The highest BCUT2D eigenvalue weighted by Crippen LogP contribution is 2.17. The Labute approximate surface area is 123 Å². The minimum atomic E-state index is -0.0808. The molecule has 0 fully saturated rings. The zero-order valence-corrected chi connectivity index (χ0v) is 13.4. The number of nitrogens with zero attached hydrogens (tertiary/aromatic N) is 1. The number of carbonyl (C=O) groups is 1. The molecule has 0 aliphatic rings. The third-order valence-electron chi connectivity index (χ3n) is 2.83. The van der Waals surface area contributed by atoms with Crippen LogP contribution in [0.1, 0.15) is 43.5 Å². The van der Waals surface area contributed by atoms with Crippen LogP contribution in [0, 0.1) is 5.92 Å². The molecule has 4 nitrogen and oxygen atoms in total. The molecule has 1 aromatic heterocycles. The van der Waals surface area contributed by atoms with Gasteiger partial charge in [-0.05, 0) is 34.3 Å². The van der Waals surface area contributed by atoms with Gasteiger partial charge in [-0.2, -0.15) is 0 Å². The molecule has 1 rings (SSSR count). The fourth-order valence-corrected chi connectivity index (χ4v) is 2.12. The molecular formula is C14H22BrN3O. The van der Waals surface area contributed by atoms with Crippen LogP contribution in [0.15, 0.2) is 16.7 Å². The van der Waals surface area contributed by atoms with Gasteiger partial charge in [-0.15, -0.1) is 0 Å². The van der Waals surface area contributed by atoms with E-state index >= 15 is 0 Å². The number of amides is 1. The van der Waals surface area contributed by atoms with Gasteiger partial charge in [-0.3, -0.25) is 4.79 Å². The Morgan fingerprint density at radius 3 is 2.79 bits per heavy atom. The molecular weight excluding hydrogens is 306 g/mol. The summed E-state index contributed by atoms with van der Waals surface area (Å²) in [6.45, 7) is 5.14. The molecule has 5 heteroatoms. The van der Waals surface area contributed by atoms with Gasteiger partial charge in [0.05, 0.1) is 5.56 Å². The van der Waals surface area contributed by atoms with Crippen molar-refractivity contribution in [3.05, 3.63) is 22.3 Å². The average Bonchev–Trinajstić information content (AvgIpc) is 2.37. The lowest BCUT2D eigenvalue weighted by Crippen LogP contribution is -2.25. The summed E-state index contributed by atoms with van der Waals surface area (Å²) < 4.78 is 0.802.